The zero-order valence-corrected chi connectivity index (χ0v) is 14.2. The summed E-state index contributed by atoms with van der Waals surface area (Å²) in [5.41, 5.74) is 1.30. The molecule has 1 heterocycles. The molecule has 20 heavy (non-hydrogen) atoms. The fourth-order valence-electron chi connectivity index (χ4n) is 3.86. The van der Waals surface area contributed by atoms with Crippen molar-refractivity contribution in [2.45, 2.75) is 57.0 Å². The Morgan fingerprint density at radius 3 is 2.70 bits per heavy atom. The second-order valence-electron chi connectivity index (χ2n) is 6.27. The molecule has 0 radical (unpaired) electrons. The predicted octanol–water partition coefficient (Wildman–Crippen LogP) is 4.40. The van der Waals surface area contributed by atoms with Crippen LogP contribution in [0.25, 0.3) is 0 Å². The number of halogens is 1. The Balaban J connectivity index is 1.68. The van der Waals surface area contributed by atoms with Gasteiger partial charge in [0, 0.05) is 21.3 Å². The van der Waals surface area contributed by atoms with Crippen LogP contribution in [0.5, 0.6) is 0 Å². The Morgan fingerprint density at radius 1 is 1.05 bits per heavy atom. The predicted molar refractivity (Wildman–Crippen MR) is 94.2 cm³/mol. The van der Waals surface area contributed by atoms with E-state index in [1.165, 1.54) is 60.7 Å². The highest BCUT2D eigenvalue weighted by molar-refractivity contribution is 14.1. The van der Waals surface area contributed by atoms with Crippen molar-refractivity contribution in [2.24, 2.45) is 5.92 Å². The van der Waals surface area contributed by atoms with E-state index in [0.717, 1.165) is 12.0 Å². The Bertz CT molecular complexity index is 429. The van der Waals surface area contributed by atoms with Crippen molar-refractivity contribution in [1.82, 2.24) is 5.32 Å². The summed E-state index contributed by atoms with van der Waals surface area (Å²) in [6.45, 7) is 1.22. The van der Waals surface area contributed by atoms with Crippen LogP contribution >= 0.6 is 22.6 Å². The first-order valence-corrected chi connectivity index (χ1v) is 9.16. The van der Waals surface area contributed by atoms with Crippen LogP contribution < -0.4 is 10.6 Å². The van der Waals surface area contributed by atoms with Crippen LogP contribution in [0.15, 0.2) is 24.3 Å². The average Bonchev–Trinajstić information content (AvgIpc) is 2.49. The van der Waals surface area contributed by atoms with Gasteiger partial charge < -0.3 is 10.6 Å². The quantitative estimate of drug-likeness (QED) is 0.755. The van der Waals surface area contributed by atoms with E-state index >= 15 is 0 Å². The monoisotopic (exact) mass is 384 g/mol. The van der Waals surface area contributed by atoms with Crippen molar-refractivity contribution in [3.63, 3.8) is 0 Å². The van der Waals surface area contributed by atoms with E-state index in [2.05, 4.69) is 57.5 Å². The molecule has 3 heteroatoms. The van der Waals surface area contributed by atoms with E-state index in [4.69, 9.17) is 0 Å². The molecule has 0 aromatic heterocycles. The van der Waals surface area contributed by atoms with Crippen LogP contribution in [0.2, 0.25) is 0 Å². The summed E-state index contributed by atoms with van der Waals surface area (Å²) in [7, 11) is 0. The van der Waals surface area contributed by atoms with Crippen molar-refractivity contribution in [2.75, 3.05) is 11.9 Å². The molecule has 1 aliphatic carbocycles. The van der Waals surface area contributed by atoms with Crippen molar-refractivity contribution >= 4 is 28.3 Å². The van der Waals surface area contributed by atoms with Crippen LogP contribution in [-0.4, -0.2) is 18.6 Å². The molecule has 1 aliphatic heterocycles. The molecule has 3 atom stereocenters. The molecule has 3 rings (SSSR count). The number of hydrogen-bond donors (Lipinski definition) is 2. The fourth-order valence-corrected chi connectivity index (χ4v) is 4.40. The van der Waals surface area contributed by atoms with Gasteiger partial charge in [0.15, 0.2) is 0 Å². The molecule has 0 bridgehead atoms. The maximum Gasteiger partial charge on any atom is 0.0353 e. The van der Waals surface area contributed by atoms with Gasteiger partial charge in [-0.3, -0.25) is 0 Å². The van der Waals surface area contributed by atoms with Crippen LogP contribution in [0.3, 0.4) is 0 Å². The normalized spacial score (nSPS) is 30.9. The zero-order chi connectivity index (χ0) is 13.8. The zero-order valence-electron chi connectivity index (χ0n) is 12.1. The molecule has 2 nitrogen and oxygen atoms in total. The van der Waals surface area contributed by atoms with E-state index in [1.54, 1.807) is 0 Å². The van der Waals surface area contributed by atoms with Gasteiger partial charge in [-0.1, -0.05) is 25.3 Å². The Hall–Kier alpha value is -0.290. The van der Waals surface area contributed by atoms with Gasteiger partial charge in [0.2, 0.25) is 0 Å². The summed E-state index contributed by atoms with van der Waals surface area (Å²) in [5, 5.41) is 7.60. The molecular formula is C17H25IN2. The van der Waals surface area contributed by atoms with E-state index in [1.807, 2.05) is 0 Å². The van der Waals surface area contributed by atoms with Crippen LogP contribution in [0.4, 0.5) is 5.69 Å². The molecule has 110 valence electrons. The number of piperidine rings is 1. The lowest BCUT2D eigenvalue weighted by Gasteiger charge is -2.40. The molecule has 0 spiro atoms. The molecule has 3 unspecified atom stereocenters. The average molecular weight is 384 g/mol. The third kappa shape index (κ3) is 3.67. The molecule has 2 aliphatic rings. The smallest absolute Gasteiger partial charge is 0.0353 e. The number of benzene rings is 1. The molecule has 1 saturated heterocycles. The second kappa shape index (κ2) is 7.12. The lowest BCUT2D eigenvalue weighted by atomic mass is 9.77. The second-order valence-corrected chi connectivity index (χ2v) is 7.51. The molecule has 1 aromatic rings. The molecule has 2 fully saturated rings. The van der Waals surface area contributed by atoms with Crippen LogP contribution in [0, 0.1) is 9.49 Å². The Kier molecular flexibility index (Phi) is 5.21. The molecular weight excluding hydrogens is 359 g/mol. The lowest BCUT2D eigenvalue weighted by molar-refractivity contribution is 0.217. The first-order valence-electron chi connectivity index (χ1n) is 8.08. The first-order chi connectivity index (χ1) is 9.83. The SMILES string of the molecule is Ic1cccc(NC2CCCCC2C2CCCCN2)c1. The van der Waals surface area contributed by atoms with Gasteiger partial charge in [0.25, 0.3) is 0 Å². The van der Waals surface area contributed by atoms with Crippen LogP contribution in [-0.2, 0) is 0 Å². The summed E-state index contributed by atoms with van der Waals surface area (Å²) in [6.07, 6.45) is 9.64. The first kappa shape index (κ1) is 14.6. The maximum atomic E-state index is 3.82. The van der Waals surface area contributed by atoms with Gasteiger partial charge in [-0.2, -0.15) is 0 Å². The highest BCUT2D eigenvalue weighted by Crippen LogP contribution is 2.32. The topological polar surface area (TPSA) is 24.1 Å². The summed E-state index contributed by atoms with van der Waals surface area (Å²) in [6, 6.07) is 10.2. The minimum absolute atomic E-state index is 0.651. The van der Waals surface area contributed by atoms with Gasteiger partial charge in [-0.15, -0.1) is 0 Å². The van der Waals surface area contributed by atoms with Crippen LogP contribution in [0.1, 0.15) is 44.9 Å². The lowest BCUT2D eigenvalue weighted by Crippen LogP contribution is -2.48. The Labute approximate surface area is 136 Å². The van der Waals surface area contributed by atoms with Gasteiger partial charge in [0.1, 0.15) is 0 Å². The summed E-state index contributed by atoms with van der Waals surface area (Å²) >= 11 is 2.40. The van der Waals surface area contributed by atoms with Gasteiger partial charge in [0.05, 0.1) is 0 Å². The third-order valence-corrected chi connectivity index (χ3v) is 5.53. The number of anilines is 1. The van der Waals surface area contributed by atoms with E-state index in [9.17, 15) is 0 Å². The third-order valence-electron chi connectivity index (χ3n) is 4.86. The van der Waals surface area contributed by atoms with E-state index in [-0.39, 0.29) is 0 Å². The molecule has 0 amide bonds. The summed E-state index contributed by atoms with van der Waals surface area (Å²) in [5.74, 6) is 0.807. The highest BCUT2D eigenvalue weighted by atomic mass is 127. The largest absolute Gasteiger partial charge is 0.382 e. The number of hydrogen-bond acceptors (Lipinski definition) is 2. The van der Waals surface area contributed by atoms with E-state index < -0.39 is 0 Å². The van der Waals surface area contributed by atoms with Crippen molar-refractivity contribution in [3.05, 3.63) is 27.8 Å². The Morgan fingerprint density at radius 2 is 1.90 bits per heavy atom. The molecule has 2 N–H and O–H groups in total. The number of rotatable bonds is 3. The van der Waals surface area contributed by atoms with Gasteiger partial charge >= 0.3 is 0 Å². The highest BCUT2D eigenvalue weighted by Gasteiger charge is 2.32. The van der Waals surface area contributed by atoms with Gasteiger partial charge in [-0.05, 0) is 78.9 Å². The van der Waals surface area contributed by atoms with Crippen molar-refractivity contribution in [3.8, 4) is 0 Å². The summed E-state index contributed by atoms with van der Waals surface area (Å²) in [4.78, 5) is 0. The number of nitrogens with one attached hydrogen (secondary N) is 2. The maximum absolute atomic E-state index is 3.82. The molecule has 1 saturated carbocycles. The van der Waals surface area contributed by atoms with Gasteiger partial charge in [-0.25, -0.2) is 0 Å². The van der Waals surface area contributed by atoms with Crippen molar-refractivity contribution < 1.29 is 0 Å². The standard InChI is InChI=1S/C17H25IN2/c18-13-6-5-7-14(12-13)20-17-10-2-1-8-15(17)16-9-3-4-11-19-16/h5-7,12,15-17,19-20H,1-4,8-11H2. The van der Waals surface area contributed by atoms with E-state index in [0.29, 0.717) is 6.04 Å². The fraction of sp³-hybridized carbons (Fsp3) is 0.647. The minimum atomic E-state index is 0.651. The van der Waals surface area contributed by atoms with Crippen molar-refractivity contribution in [1.29, 1.82) is 0 Å². The minimum Gasteiger partial charge on any atom is -0.382 e. The molecule has 1 aromatic carbocycles. The summed E-state index contributed by atoms with van der Waals surface area (Å²) < 4.78 is 1.32.